The third-order valence-corrected chi connectivity index (χ3v) is 6.59. The maximum absolute atomic E-state index is 14.0. The van der Waals surface area contributed by atoms with Gasteiger partial charge in [0.25, 0.3) is 0 Å². The molecule has 1 aliphatic heterocycles. The summed E-state index contributed by atoms with van der Waals surface area (Å²) in [6, 6.07) is 33.3. The lowest BCUT2D eigenvalue weighted by molar-refractivity contribution is 0.101. The molecule has 0 N–H and O–H groups in total. The number of hydrogen-bond donors (Lipinski definition) is 0. The van der Waals surface area contributed by atoms with E-state index in [0.29, 0.717) is 28.0 Å². The fourth-order valence-electron chi connectivity index (χ4n) is 4.60. The van der Waals surface area contributed by atoms with Gasteiger partial charge in [0.15, 0.2) is 11.6 Å². The first-order chi connectivity index (χ1) is 18.6. The first-order valence-corrected chi connectivity index (χ1v) is 12.3. The second-order valence-electron chi connectivity index (χ2n) is 8.87. The van der Waals surface area contributed by atoms with E-state index in [2.05, 4.69) is 0 Å². The van der Waals surface area contributed by atoms with E-state index in [0.717, 1.165) is 17.0 Å². The van der Waals surface area contributed by atoms with Crippen molar-refractivity contribution < 1.29 is 19.1 Å². The number of anilines is 1. The zero-order chi connectivity index (χ0) is 26.5. The molecule has 38 heavy (non-hydrogen) atoms. The van der Waals surface area contributed by atoms with Gasteiger partial charge in [-0.05, 0) is 42.0 Å². The number of benzene rings is 4. The van der Waals surface area contributed by atoms with Gasteiger partial charge < -0.3 is 14.4 Å². The highest BCUT2D eigenvalue weighted by Gasteiger charge is 2.35. The van der Waals surface area contributed by atoms with Crippen molar-refractivity contribution in [2.75, 3.05) is 19.1 Å². The molecule has 0 saturated heterocycles. The molecule has 0 aliphatic carbocycles. The van der Waals surface area contributed by atoms with Gasteiger partial charge in [-0.1, -0.05) is 72.8 Å². The fraction of sp³-hybridized carbons (Fsp3) is 0.0909. The molecule has 0 unspecified atom stereocenters. The molecule has 0 fully saturated rings. The molecule has 0 radical (unpaired) electrons. The van der Waals surface area contributed by atoms with Gasteiger partial charge in [-0.3, -0.25) is 9.59 Å². The summed E-state index contributed by atoms with van der Waals surface area (Å²) in [5.74, 6) is 0.559. The number of ketones is 2. The van der Waals surface area contributed by atoms with Crippen molar-refractivity contribution in [2.45, 2.75) is 5.92 Å². The number of nitrogens with zero attached hydrogens (tertiary/aromatic N) is 1. The molecule has 5 nitrogen and oxygen atoms in total. The van der Waals surface area contributed by atoms with Gasteiger partial charge in [0, 0.05) is 46.3 Å². The summed E-state index contributed by atoms with van der Waals surface area (Å²) in [5, 5.41) is 0. The highest BCUT2D eigenvalue weighted by atomic mass is 16.5. The first kappa shape index (κ1) is 24.8. The SMILES string of the molecule is COc1ccc(C2C(C(=O)c3ccccc3)=CN(c3ccc(OC)cc3)C=C2C(=O)c2ccccc2)cc1. The van der Waals surface area contributed by atoms with Crippen LogP contribution in [0.5, 0.6) is 11.5 Å². The van der Waals surface area contributed by atoms with Crippen LogP contribution in [0.1, 0.15) is 32.2 Å². The number of allylic oxidation sites excluding steroid dienone is 2. The third-order valence-electron chi connectivity index (χ3n) is 6.59. The number of hydrogen-bond acceptors (Lipinski definition) is 5. The molecule has 0 amide bonds. The van der Waals surface area contributed by atoms with Gasteiger partial charge >= 0.3 is 0 Å². The topological polar surface area (TPSA) is 55.8 Å². The number of rotatable bonds is 8. The Labute approximate surface area is 222 Å². The summed E-state index contributed by atoms with van der Waals surface area (Å²) in [6.07, 6.45) is 3.65. The fourth-order valence-corrected chi connectivity index (χ4v) is 4.60. The zero-order valence-corrected chi connectivity index (χ0v) is 21.2. The number of carbonyl (C=O) groups is 2. The maximum Gasteiger partial charge on any atom is 0.191 e. The molecule has 1 heterocycles. The summed E-state index contributed by atoms with van der Waals surface area (Å²) in [5.41, 5.74) is 3.74. The third kappa shape index (κ3) is 5.00. The minimum absolute atomic E-state index is 0.142. The van der Waals surface area contributed by atoms with Crippen molar-refractivity contribution in [3.05, 3.63) is 149 Å². The highest BCUT2D eigenvalue weighted by molar-refractivity contribution is 6.16. The first-order valence-electron chi connectivity index (χ1n) is 12.3. The van der Waals surface area contributed by atoms with E-state index >= 15 is 0 Å². The molecule has 5 rings (SSSR count). The standard InChI is InChI=1S/C33H27NO4/c1-37-27-17-13-23(14-18-27)31-29(32(35)24-9-5-3-6-10-24)21-34(26-15-19-28(38-2)20-16-26)22-30(31)33(36)25-11-7-4-8-12-25/h3-22,31H,1-2H3. The smallest absolute Gasteiger partial charge is 0.191 e. The van der Waals surface area contributed by atoms with Crippen molar-refractivity contribution in [3.63, 3.8) is 0 Å². The zero-order valence-electron chi connectivity index (χ0n) is 21.2. The largest absolute Gasteiger partial charge is 0.497 e. The van der Waals surface area contributed by atoms with Crippen LogP contribution in [0.3, 0.4) is 0 Å². The Morgan fingerprint density at radius 2 is 1.00 bits per heavy atom. The molecule has 0 bridgehead atoms. The Kier molecular flexibility index (Phi) is 7.18. The molecule has 0 aromatic heterocycles. The second kappa shape index (κ2) is 11.0. The van der Waals surface area contributed by atoms with Crippen molar-refractivity contribution in [3.8, 4) is 11.5 Å². The van der Waals surface area contributed by atoms with Crippen LogP contribution in [0.25, 0.3) is 0 Å². The van der Waals surface area contributed by atoms with Gasteiger partial charge in [-0.2, -0.15) is 0 Å². The van der Waals surface area contributed by atoms with Crippen LogP contribution in [-0.4, -0.2) is 25.8 Å². The van der Waals surface area contributed by atoms with Crippen LogP contribution < -0.4 is 14.4 Å². The average Bonchev–Trinajstić information content (AvgIpc) is 3.00. The summed E-state index contributed by atoms with van der Waals surface area (Å²) in [4.78, 5) is 29.9. The molecule has 0 saturated carbocycles. The molecule has 0 atom stereocenters. The number of Topliss-reactive ketones (excluding diaryl/α,β-unsaturated/α-hetero) is 2. The van der Waals surface area contributed by atoms with E-state index in [9.17, 15) is 9.59 Å². The van der Waals surface area contributed by atoms with Gasteiger partial charge in [-0.15, -0.1) is 0 Å². The van der Waals surface area contributed by atoms with Gasteiger partial charge in [0.2, 0.25) is 0 Å². The molecular formula is C33H27NO4. The van der Waals surface area contributed by atoms with Crippen molar-refractivity contribution in [2.24, 2.45) is 0 Å². The Hall–Kier alpha value is -4.90. The monoisotopic (exact) mass is 501 g/mol. The van der Waals surface area contributed by atoms with E-state index in [1.54, 1.807) is 38.5 Å². The predicted octanol–water partition coefficient (Wildman–Crippen LogP) is 6.84. The Bertz CT molecular complexity index is 1420. The molecule has 5 heteroatoms. The normalized spacial score (nSPS) is 13.4. The van der Waals surface area contributed by atoms with Gasteiger partial charge in [0.05, 0.1) is 14.2 Å². The predicted molar refractivity (Wildman–Crippen MR) is 149 cm³/mol. The van der Waals surface area contributed by atoms with Gasteiger partial charge in [0.1, 0.15) is 11.5 Å². The van der Waals surface area contributed by atoms with Crippen LogP contribution in [0.15, 0.2) is 133 Å². The van der Waals surface area contributed by atoms with Crippen molar-refractivity contribution in [1.29, 1.82) is 0 Å². The van der Waals surface area contributed by atoms with Crippen molar-refractivity contribution in [1.82, 2.24) is 0 Å². The molecule has 4 aromatic rings. The molecule has 1 aliphatic rings. The average molecular weight is 502 g/mol. The molecule has 0 spiro atoms. The quantitative estimate of drug-likeness (QED) is 0.247. The number of methoxy groups -OCH3 is 2. The van der Waals surface area contributed by atoms with E-state index in [-0.39, 0.29) is 11.6 Å². The Morgan fingerprint density at radius 1 is 0.579 bits per heavy atom. The molecule has 188 valence electrons. The minimum atomic E-state index is -0.573. The van der Waals surface area contributed by atoms with Gasteiger partial charge in [-0.25, -0.2) is 0 Å². The lowest BCUT2D eigenvalue weighted by atomic mass is 9.77. The highest BCUT2D eigenvalue weighted by Crippen LogP contribution is 2.40. The van der Waals surface area contributed by atoms with E-state index < -0.39 is 5.92 Å². The summed E-state index contributed by atoms with van der Waals surface area (Å²) < 4.78 is 10.7. The van der Waals surface area contributed by atoms with E-state index in [1.807, 2.05) is 102 Å². The summed E-state index contributed by atoms with van der Waals surface area (Å²) >= 11 is 0. The van der Waals surface area contributed by atoms with Crippen LogP contribution in [-0.2, 0) is 0 Å². The Balaban J connectivity index is 1.70. The Morgan fingerprint density at radius 3 is 1.42 bits per heavy atom. The molecular weight excluding hydrogens is 474 g/mol. The summed E-state index contributed by atoms with van der Waals surface area (Å²) in [7, 11) is 3.22. The van der Waals surface area contributed by atoms with Crippen LogP contribution in [0.2, 0.25) is 0 Å². The number of ether oxygens (including phenoxy) is 2. The number of carbonyl (C=O) groups excluding carboxylic acids is 2. The second-order valence-corrected chi connectivity index (χ2v) is 8.87. The van der Waals surface area contributed by atoms with E-state index in [1.165, 1.54) is 0 Å². The lowest BCUT2D eigenvalue weighted by Crippen LogP contribution is -2.28. The van der Waals surface area contributed by atoms with Crippen LogP contribution in [0.4, 0.5) is 5.69 Å². The van der Waals surface area contributed by atoms with E-state index in [4.69, 9.17) is 9.47 Å². The van der Waals surface area contributed by atoms with Crippen LogP contribution >= 0.6 is 0 Å². The van der Waals surface area contributed by atoms with Crippen molar-refractivity contribution >= 4 is 17.3 Å². The summed E-state index contributed by atoms with van der Waals surface area (Å²) in [6.45, 7) is 0. The maximum atomic E-state index is 14.0. The molecule has 4 aromatic carbocycles. The minimum Gasteiger partial charge on any atom is -0.497 e. The lowest BCUT2D eigenvalue weighted by Gasteiger charge is -2.31. The van der Waals surface area contributed by atoms with Crippen LogP contribution in [0, 0.1) is 0 Å².